The molecule has 3 rings (SSSR count). The van der Waals surface area contributed by atoms with Crippen molar-refractivity contribution < 1.29 is 27.8 Å². The predicted molar refractivity (Wildman–Crippen MR) is 107 cm³/mol. The lowest BCUT2D eigenvalue weighted by atomic mass is 10.1. The van der Waals surface area contributed by atoms with Crippen molar-refractivity contribution in [3.05, 3.63) is 59.7 Å². The van der Waals surface area contributed by atoms with E-state index in [0.29, 0.717) is 19.0 Å². The molecule has 1 heterocycles. The number of methoxy groups -OCH3 is 1. The maximum Gasteiger partial charge on any atom is 0.227 e. The highest BCUT2D eigenvalue weighted by molar-refractivity contribution is 6.00. The van der Waals surface area contributed by atoms with Crippen LogP contribution in [0.25, 0.3) is 0 Å². The Bertz CT molecular complexity index is 906. The summed E-state index contributed by atoms with van der Waals surface area (Å²) < 4.78 is 37.7. The maximum atomic E-state index is 14.0. The van der Waals surface area contributed by atoms with Crippen molar-refractivity contribution in [1.82, 2.24) is 5.32 Å². The minimum atomic E-state index is -0.827. The molecule has 0 bridgehead atoms. The van der Waals surface area contributed by atoms with Crippen LogP contribution in [0.1, 0.15) is 18.4 Å². The summed E-state index contributed by atoms with van der Waals surface area (Å²) in [5, 5.41) is 2.81. The first kappa shape index (κ1) is 21.7. The van der Waals surface area contributed by atoms with Gasteiger partial charge in [-0.3, -0.25) is 9.59 Å². The number of ether oxygens (including phenoxy) is 2. The van der Waals surface area contributed by atoms with Crippen molar-refractivity contribution in [2.45, 2.75) is 19.4 Å². The summed E-state index contributed by atoms with van der Waals surface area (Å²) in [6.07, 6.45) is 0.754. The second kappa shape index (κ2) is 10.2. The number of nitrogens with zero attached hydrogens (tertiary/aromatic N) is 1. The van der Waals surface area contributed by atoms with E-state index in [2.05, 4.69) is 5.32 Å². The zero-order chi connectivity index (χ0) is 21.5. The average molecular weight is 418 g/mol. The van der Waals surface area contributed by atoms with Gasteiger partial charge < -0.3 is 19.7 Å². The van der Waals surface area contributed by atoms with Gasteiger partial charge in [-0.05, 0) is 29.8 Å². The molecule has 2 aromatic rings. The van der Waals surface area contributed by atoms with Crippen molar-refractivity contribution in [2.24, 2.45) is 5.92 Å². The first-order chi connectivity index (χ1) is 14.5. The molecule has 8 heteroatoms. The van der Waals surface area contributed by atoms with Crippen molar-refractivity contribution in [3.8, 4) is 5.75 Å². The van der Waals surface area contributed by atoms with Gasteiger partial charge in [0.2, 0.25) is 11.8 Å². The first-order valence-electron chi connectivity index (χ1n) is 9.71. The van der Waals surface area contributed by atoms with Crippen LogP contribution in [0.4, 0.5) is 14.5 Å². The van der Waals surface area contributed by atoms with E-state index in [1.165, 1.54) is 11.0 Å². The Morgan fingerprint density at radius 1 is 1.20 bits per heavy atom. The van der Waals surface area contributed by atoms with Gasteiger partial charge in [0.15, 0.2) is 0 Å². The summed E-state index contributed by atoms with van der Waals surface area (Å²) in [5.41, 5.74) is 0.841. The first-order valence-corrected chi connectivity index (χ1v) is 9.71. The Hall–Kier alpha value is -3.00. The molecule has 1 saturated heterocycles. The Morgan fingerprint density at radius 2 is 2.03 bits per heavy atom. The minimum absolute atomic E-state index is 0.0185. The summed E-state index contributed by atoms with van der Waals surface area (Å²) in [5.74, 6) is -2.11. The second-order valence-corrected chi connectivity index (χ2v) is 7.06. The molecule has 0 spiro atoms. The SMILES string of the molecule is COCCCOc1cccc(CNC(=O)[C@H]2CC(=O)N(c3ccc(F)cc3F)C2)c1. The second-order valence-electron chi connectivity index (χ2n) is 7.06. The maximum absolute atomic E-state index is 14.0. The van der Waals surface area contributed by atoms with Gasteiger partial charge in [0, 0.05) is 45.7 Å². The van der Waals surface area contributed by atoms with Gasteiger partial charge in [0.1, 0.15) is 17.4 Å². The third-order valence-electron chi connectivity index (χ3n) is 4.82. The molecule has 1 atom stereocenters. The standard InChI is InChI=1S/C22H24F2N2O4/c1-29-8-3-9-30-18-5-2-4-15(10-18)13-25-22(28)16-11-21(27)26(14-16)20-7-6-17(23)12-19(20)24/h2,4-7,10,12,16H,3,8-9,11,13-14H2,1H3,(H,25,28)/t16-/m0/s1. The van der Waals surface area contributed by atoms with Gasteiger partial charge in [0.05, 0.1) is 18.2 Å². The van der Waals surface area contributed by atoms with Crippen LogP contribution in [-0.4, -0.2) is 38.7 Å². The van der Waals surface area contributed by atoms with E-state index in [4.69, 9.17) is 9.47 Å². The topological polar surface area (TPSA) is 67.9 Å². The zero-order valence-electron chi connectivity index (χ0n) is 16.7. The van der Waals surface area contributed by atoms with Crippen LogP contribution >= 0.6 is 0 Å². The van der Waals surface area contributed by atoms with Gasteiger partial charge in [0.25, 0.3) is 0 Å². The molecule has 1 N–H and O–H groups in total. The number of hydrogen-bond donors (Lipinski definition) is 1. The lowest BCUT2D eigenvalue weighted by molar-refractivity contribution is -0.126. The summed E-state index contributed by atoms with van der Waals surface area (Å²) in [6, 6.07) is 10.4. The van der Waals surface area contributed by atoms with Crippen molar-refractivity contribution in [1.29, 1.82) is 0 Å². The van der Waals surface area contributed by atoms with Crippen LogP contribution in [0.15, 0.2) is 42.5 Å². The minimum Gasteiger partial charge on any atom is -0.493 e. The molecule has 30 heavy (non-hydrogen) atoms. The number of amides is 2. The fourth-order valence-corrected chi connectivity index (χ4v) is 3.29. The Morgan fingerprint density at radius 3 is 2.80 bits per heavy atom. The van der Waals surface area contributed by atoms with Gasteiger partial charge in [-0.15, -0.1) is 0 Å². The number of carbonyl (C=O) groups is 2. The molecule has 0 aromatic heterocycles. The molecule has 1 fully saturated rings. The number of anilines is 1. The number of benzene rings is 2. The monoisotopic (exact) mass is 418 g/mol. The molecule has 0 radical (unpaired) electrons. The number of rotatable bonds is 9. The Kier molecular flexibility index (Phi) is 7.35. The van der Waals surface area contributed by atoms with Crippen molar-refractivity contribution >= 4 is 17.5 Å². The molecule has 0 saturated carbocycles. The van der Waals surface area contributed by atoms with Gasteiger partial charge >= 0.3 is 0 Å². The zero-order valence-corrected chi connectivity index (χ0v) is 16.7. The van der Waals surface area contributed by atoms with E-state index >= 15 is 0 Å². The Labute approximate surface area is 173 Å². The molecular weight excluding hydrogens is 394 g/mol. The summed E-state index contributed by atoms with van der Waals surface area (Å²) >= 11 is 0. The number of halogens is 2. The predicted octanol–water partition coefficient (Wildman–Crippen LogP) is 3.05. The summed E-state index contributed by atoms with van der Waals surface area (Å²) in [7, 11) is 1.64. The molecule has 1 aliphatic heterocycles. The fourth-order valence-electron chi connectivity index (χ4n) is 3.29. The van der Waals surface area contributed by atoms with Gasteiger partial charge in [-0.2, -0.15) is 0 Å². The van der Waals surface area contributed by atoms with Crippen LogP contribution in [0.5, 0.6) is 5.75 Å². The van der Waals surface area contributed by atoms with Gasteiger partial charge in [-0.25, -0.2) is 8.78 Å². The van der Waals surface area contributed by atoms with Crippen LogP contribution in [0.3, 0.4) is 0 Å². The van der Waals surface area contributed by atoms with Crippen molar-refractivity contribution in [2.75, 3.05) is 31.8 Å². The highest BCUT2D eigenvalue weighted by atomic mass is 19.1. The highest BCUT2D eigenvalue weighted by Crippen LogP contribution is 2.28. The van der Waals surface area contributed by atoms with E-state index in [9.17, 15) is 18.4 Å². The summed E-state index contributed by atoms with van der Waals surface area (Å²) in [6.45, 7) is 1.48. The van der Waals surface area contributed by atoms with E-state index in [0.717, 1.165) is 24.1 Å². The van der Waals surface area contributed by atoms with Gasteiger partial charge in [-0.1, -0.05) is 12.1 Å². The Balaban J connectivity index is 1.54. The average Bonchev–Trinajstić information content (AvgIpc) is 3.11. The summed E-state index contributed by atoms with van der Waals surface area (Å²) in [4.78, 5) is 26.0. The molecule has 160 valence electrons. The van der Waals surface area contributed by atoms with Crippen LogP contribution in [0.2, 0.25) is 0 Å². The quantitative estimate of drug-likeness (QED) is 0.636. The normalized spacial score (nSPS) is 16.0. The van der Waals surface area contributed by atoms with Crippen LogP contribution in [-0.2, 0) is 20.9 Å². The number of nitrogens with one attached hydrogen (secondary N) is 1. The number of carbonyl (C=O) groups excluding carboxylic acids is 2. The molecule has 0 unspecified atom stereocenters. The van der Waals surface area contributed by atoms with E-state index < -0.39 is 17.6 Å². The van der Waals surface area contributed by atoms with Crippen LogP contribution in [0, 0.1) is 17.6 Å². The van der Waals surface area contributed by atoms with E-state index in [1.54, 1.807) is 7.11 Å². The van der Waals surface area contributed by atoms with Crippen LogP contribution < -0.4 is 15.0 Å². The highest BCUT2D eigenvalue weighted by Gasteiger charge is 2.36. The smallest absolute Gasteiger partial charge is 0.227 e. The lowest BCUT2D eigenvalue weighted by Gasteiger charge is -2.17. The molecule has 2 amide bonds. The van der Waals surface area contributed by atoms with E-state index in [-0.39, 0.29) is 37.0 Å². The molecular formula is C22H24F2N2O4. The molecule has 0 aliphatic carbocycles. The molecule has 6 nitrogen and oxygen atoms in total. The third kappa shape index (κ3) is 5.54. The van der Waals surface area contributed by atoms with Crippen molar-refractivity contribution in [3.63, 3.8) is 0 Å². The fraction of sp³-hybridized carbons (Fsp3) is 0.364. The third-order valence-corrected chi connectivity index (χ3v) is 4.82. The van der Waals surface area contributed by atoms with E-state index in [1.807, 2.05) is 24.3 Å². The number of hydrogen-bond acceptors (Lipinski definition) is 4. The lowest BCUT2D eigenvalue weighted by Crippen LogP contribution is -2.32. The molecule has 1 aliphatic rings. The largest absolute Gasteiger partial charge is 0.493 e. The molecule has 2 aromatic carbocycles.